The molecule has 1 aliphatic rings. The second kappa shape index (κ2) is 5.44. The van der Waals surface area contributed by atoms with E-state index >= 15 is 0 Å². The first-order chi connectivity index (χ1) is 9.02. The zero-order valence-electron chi connectivity index (χ0n) is 10.1. The number of carboxylic acids is 1. The summed E-state index contributed by atoms with van der Waals surface area (Å²) in [6, 6.07) is 2.73. The highest BCUT2D eigenvalue weighted by molar-refractivity contribution is 6.36. The van der Waals surface area contributed by atoms with Crippen molar-refractivity contribution in [3.8, 4) is 0 Å². The van der Waals surface area contributed by atoms with Crippen LogP contribution in [0.1, 0.15) is 29.6 Å². The number of hydrogen-bond acceptors (Lipinski definition) is 4. The summed E-state index contributed by atoms with van der Waals surface area (Å²) in [6.07, 6.45) is 3.07. The average Bonchev–Trinajstić information content (AvgIpc) is 2.38. The summed E-state index contributed by atoms with van der Waals surface area (Å²) in [7, 11) is 0. The molecule has 1 aromatic rings. The van der Waals surface area contributed by atoms with Gasteiger partial charge in [-0.3, -0.25) is 10.1 Å². The minimum atomic E-state index is -1.24. The summed E-state index contributed by atoms with van der Waals surface area (Å²) in [5, 5.41) is 19.7. The van der Waals surface area contributed by atoms with E-state index in [-0.39, 0.29) is 16.3 Å². The summed E-state index contributed by atoms with van der Waals surface area (Å²) < 4.78 is 0. The third-order valence-corrected chi connectivity index (χ3v) is 3.59. The molecule has 2 rings (SSSR count). The molecule has 1 fully saturated rings. The van der Waals surface area contributed by atoms with Crippen LogP contribution in [-0.2, 0) is 0 Å². The number of piperidine rings is 1. The molecule has 102 valence electrons. The van der Waals surface area contributed by atoms with Crippen molar-refractivity contribution in [2.75, 3.05) is 18.0 Å². The van der Waals surface area contributed by atoms with E-state index in [9.17, 15) is 20.0 Å². The van der Waals surface area contributed by atoms with Crippen LogP contribution in [0.25, 0.3) is 0 Å². The van der Waals surface area contributed by atoms with Crippen molar-refractivity contribution in [1.82, 2.24) is 0 Å². The molecule has 0 bridgehead atoms. The molecule has 1 heterocycles. The number of carboxylic acid groups (broad SMARTS) is 1. The van der Waals surface area contributed by atoms with Gasteiger partial charge < -0.3 is 10.0 Å². The molecule has 0 atom stereocenters. The van der Waals surface area contributed by atoms with Crippen LogP contribution in [0.4, 0.5) is 11.4 Å². The van der Waals surface area contributed by atoms with E-state index in [1.807, 2.05) is 4.90 Å². The van der Waals surface area contributed by atoms with Crippen molar-refractivity contribution in [2.45, 2.75) is 19.3 Å². The van der Waals surface area contributed by atoms with Crippen LogP contribution in [0.2, 0.25) is 5.02 Å². The van der Waals surface area contributed by atoms with E-state index in [2.05, 4.69) is 0 Å². The van der Waals surface area contributed by atoms with Gasteiger partial charge in [-0.25, -0.2) is 4.79 Å². The molecule has 1 N–H and O–H groups in total. The first-order valence-corrected chi connectivity index (χ1v) is 6.35. The predicted octanol–water partition coefficient (Wildman–Crippen LogP) is 2.94. The fraction of sp³-hybridized carbons (Fsp3) is 0.417. The minimum Gasteiger partial charge on any atom is -0.478 e. The SMILES string of the molecule is O=C(O)c1c(N2CCCCC2)ccc([N+](=O)[O-])c1Cl. The quantitative estimate of drug-likeness (QED) is 0.681. The van der Waals surface area contributed by atoms with Crippen LogP contribution >= 0.6 is 11.6 Å². The minimum absolute atomic E-state index is 0.183. The average molecular weight is 285 g/mol. The number of nitrogens with zero attached hydrogens (tertiary/aromatic N) is 2. The van der Waals surface area contributed by atoms with Gasteiger partial charge in [-0.15, -0.1) is 0 Å². The van der Waals surface area contributed by atoms with Crippen LogP contribution < -0.4 is 4.90 Å². The molecular weight excluding hydrogens is 272 g/mol. The van der Waals surface area contributed by atoms with Crippen molar-refractivity contribution in [3.05, 3.63) is 32.8 Å². The summed E-state index contributed by atoms with van der Waals surface area (Å²) in [4.78, 5) is 23.4. The lowest BCUT2D eigenvalue weighted by Crippen LogP contribution is -2.31. The van der Waals surface area contributed by atoms with Crippen molar-refractivity contribution in [1.29, 1.82) is 0 Å². The lowest BCUT2D eigenvalue weighted by molar-refractivity contribution is -0.384. The highest BCUT2D eigenvalue weighted by atomic mass is 35.5. The fourth-order valence-corrected chi connectivity index (χ4v) is 2.61. The van der Waals surface area contributed by atoms with Crippen LogP contribution in [0.5, 0.6) is 0 Å². The van der Waals surface area contributed by atoms with Gasteiger partial charge in [-0.2, -0.15) is 0 Å². The van der Waals surface area contributed by atoms with E-state index in [1.165, 1.54) is 12.1 Å². The van der Waals surface area contributed by atoms with E-state index < -0.39 is 10.9 Å². The number of carbonyl (C=O) groups is 1. The highest BCUT2D eigenvalue weighted by Gasteiger charge is 2.26. The van der Waals surface area contributed by atoms with Gasteiger partial charge in [0.25, 0.3) is 5.69 Å². The molecular formula is C12H13ClN2O4. The van der Waals surface area contributed by atoms with Gasteiger partial charge in [0.15, 0.2) is 0 Å². The second-order valence-corrected chi connectivity index (χ2v) is 4.78. The fourth-order valence-electron chi connectivity index (χ4n) is 2.30. The van der Waals surface area contributed by atoms with Gasteiger partial charge in [-0.1, -0.05) is 11.6 Å². The third kappa shape index (κ3) is 2.63. The Bertz CT molecular complexity index is 527. The molecule has 0 spiro atoms. The van der Waals surface area contributed by atoms with Crippen molar-refractivity contribution in [3.63, 3.8) is 0 Å². The molecule has 1 aromatic carbocycles. The smallest absolute Gasteiger partial charge is 0.339 e. The standard InChI is InChI=1S/C12H13ClN2O4/c13-11-9(15(18)19)5-4-8(10(11)12(16)17)14-6-2-1-3-7-14/h4-5H,1-3,6-7H2,(H,16,17). The molecule has 7 heteroatoms. The summed E-state index contributed by atoms with van der Waals surface area (Å²) in [5.74, 6) is -1.24. The summed E-state index contributed by atoms with van der Waals surface area (Å²) >= 11 is 5.87. The van der Waals surface area contributed by atoms with E-state index in [0.717, 1.165) is 32.4 Å². The third-order valence-electron chi connectivity index (χ3n) is 3.21. The van der Waals surface area contributed by atoms with Gasteiger partial charge in [-0.05, 0) is 25.3 Å². The molecule has 0 radical (unpaired) electrons. The molecule has 19 heavy (non-hydrogen) atoms. The molecule has 0 unspecified atom stereocenters. The number of nitro groups is 1. The van der Waals surface area contributed by atoms with Gasteiger partial charge in [0.1, 0.15) is 10.6 Å². The number of nitro benzene ring substituents is 1. The molecule has 0 aliphatic carbocycles. The Hall–Kier alpha value is -1.82. The Balaban J connectivity index is 2.51. The molecule has 0 amide bonds. The normalized spacial score (nSPS) is 15.3. The Morgan fingerprint density at radius 2 is 1.95 bits per heavy atom. The number of anilines is 1. The Labute approximate surface area is 114 Å². The van der Waals surface area contributed by atoms with Crippen LogP contribution in [0, 0.1) is 10.1 Å². The number of benzene rings is 1. The zero-order valence-corrected chi connectivity index (χ0v) is 10.9. The maximum atomic E-state index is 11.3. The Morgan fingerprint density at radius 1 is 1.32 bits per heavy atom. The van der Waals surface area contributed by atoms with Crippen molar-refractivity contribution in [2.24, 2.45) is 0 Å². The highest BCUT2D eigenvalue weighted by Crippen LogP contribution is 2.36. The number of rotatable bonds is 3. The molecule has 0 aromatic heterocycles. The monoisotopic (exact) mass is 284 g/mol. The molecule has 1 saturated heterocycles. The lowest BCUT2D eigenvalue weighted by atomic mass is 10.1. The van der Waals surface area contributed by atoms with Crippen LogP contribution in [0.15, 0.2) is 12.1 Å². The number of aromatic carboxylic acids is 1. The van der Waals surface area contributed by atoms with Crippen LogP contribution in [-0.4, -0.2) is 29.1 Å². The topological polar surface area (TPSA) is 83.7 Å². The van der Waals surface area contributed by atoms with Gasteiger partial charge in [0.05, 0.1) is 10.6 Å². The predicted molar refractivity (Wildman–Crippen MR) is 71.1 cm³/mol. The number of hydrogen-bond donors (Lipinski definition) is 1. The second-order valence-electron chi connectivity index (χ2n) is 4.40. The number of halogens is 1. The van der Waals surface area contributed by atoms with E-state index in [1.54, 1.807) is 0 Å². The van der Waals surface area contributed by atoms with E-state index in [0.29, 0.717) is 5.69 Å². The summed E-state index contributed by atoms with van der Waals surface area (Å²) in [6.45, 7) is 1.49. The lowest BCUT2D eigenvalue weighted by Gasteiger charge is -2.30. The Morgan fingerprint density at radius 3 is 2.47 bits per heavy atom. The first kappa shape index (κ1) is 13.6. The zero-order chi connectivity index (χ0) is 14.0. The van der Waals surface area contributed by atoms with Crippen molar-refractivity contribution >= 4 is 28.9 Å². The largest absolute Gasteiger partial charge is 0.478 e. The van der Waals surface area contributed by atoms with Gasteiger partial charge >= 0.3 is 5.97 Å². The van der Waals surface area contributed by atoms with Gasteiger partial charge in [0.2, 0.25) is 0 Å². The van der Waals surface area contributed by atoms with Gasteiger partial charge in [0, 0.05) is 19.2 Å². The molecule has 0 saturated carbocycles. The van der Waals surface area contributed by atoms with E-state index in [4.69, 9.17) is 11.6 Å². The molecule has 6 nitrogen and oxygen atoms in total. The maximum Gasteiger partial charge on any atom is 0.339 e. The summed E-state index contributed by atoms with van der Waals surface area (Å²) in [5.41, 5.74) is -0.0969. The van der Waals surface area contributed by atoms with Crippen molar-refractivity contribution < 1.29 is 14.8 Å². The Kier molecular flexibility index (Phi) is 3.90. The maximum absolute atomic E-state index is 11.3. The van der Waals surface area contributed by atoms with Crippen LogP contribution in [0.3, 0.4) is 0 Å². The first-order valence-electron chi connectivity index (χ1n) is 5.97. The molecule has 1 aliphatic heterocycles.